The highest BCUT2D eigenvalue weighted by Crippen LogP contribution is 2.28. The van der Waals surface area contributed by atoms with E-state index in [4.69, 9.17) is 4.74 Å². The summed E-state index contributed by atoms with van der Waals surface area (Å²) in [5.41, 5.74) is 3.05. The van der Waals surface area contributed by atoms with Crippen LogP contribution in [0.2, 0.25) is 0 Å². The maximum atomic E-state index is 11.8. The van der Waals surface area contributed by atoms with Gasteiger partial charge in [-0.25, -0.2) is 4.98 Å². The maximum Gasteiger partial charge on any atom is 0.266 e. The van der Waals surface area contributed by atoms with Crippen molar-refractivity contribution in [2.45, 2.75) is 27.2 Å². The number of nitrogens with zero attached hydrogens (tertiary/aromatic N) is 4. The van der Waals surface area contributed by atoms with Gasteiger partial charge in [0.05, 0.1) is 11.0 Å². The molecule has 0 saturated carbocycles. The van der Waals surface area contributed by atoms with Crippen LogP contribution in [0.4, 0.5) is 5.69 Å². The van der Waals surface area contributed by atoms with E-state index in [1.54, 1.807) is 24.3 Å². The molecule has 0 fully saturated rings. The maximum absolute atomic E-state index is 11.8. The van der Waals surface area contributed by atoms with Crippen LogP contribution in [0.1, 0.15) is 26.6 Å². The zero-order chi connectivity index (χ0) is 19.7. The molecule has 1 N–H and O–H groups in total. The predicted octanol–water partition coefficient (Wildman–Crippen LogP) is 4.23. The molecular weight excluding hydrogens is 354 g/mol. The van der Waals surface area contributed by atoms with Gasteiger partial charge in [-0.1, -0.05) is 32.9 Å². The van der Waals surface area contributed by atoms with Gasteiger partial charge in [-0.15, -0.1) is 10.2 Å². The molecule has 28 heavy (non-hydrogen) atoms. The van der Waals surface area contributed by atoms with Crippen LogP contribution in [0.3, 0.4) is 0 Å². The molecule has 0 aliphatic rings. The van der Waals surface area contributed by atoms with Gasteiger partial charge < -0.3 is 10.1 Å². The number of anilines is 1. The average Bonchev–Trinajstić information content (AvgIpc) is 3.14. The Morgan fingerprint density at radius 3 is 2.57 bits per heavy atom. The first kappa shape index (κ1) is 17.9. The first-order valence-corrected chi connectivity index (χ1v) is 9.28. The monoisotopic (exact) mass is 375 g/mol. The van der Waals surface area contributed by atoms with Crippen LogP contribution in [0.5, 0.6) is 11.6 Å². The van der Waals surface area contributed by atoms with Crippen molar-refractivity contribution in [2.24, 2.45) is 5.92 Å². The number of ether oxygens (including phenoxy) is 1. The summed E-state index contributed by atoms with van der Waals surface area (Å²) in [6.07, 6.45) is 0.749. The molecule has 4 aromatic rings. The van der Waals surface area contributed by atoms with Crippen LogP contribution in [0, 0.1) is 5.92 Å². The molecule has 0 unspecified atom stereocenters. The number of rotatable bonds is 5. The topological polar surface area (TPSA) is 81.4 Å². The number of carbonyl (C=O) groups is 1. The van der Waals surface area contributed by atoms with E-state index in [1.165, 1.54) is 0 Å². The number of benzene rings is 2. The highest BCUT2D eigenvalue weighted by atomic mass is 16.5. The van der Waals surface area contributed by atoms with E-state index >= 15 is 0 Å². The van der Waals surface area contributed by atoms with Gasteiger partial charge in [0, 0.05) is 18.0 Å². The lowest BCUT2D eigenvalue weighted by molar-refractivity contribution is -0.118. The summed E-state index contributed by atoms with van der Waals surface area (Å²) >= 11 is 0. The van der Waals surface area contributed by atoms with Gasteiger partial charge in [-0.2, -0.15) is 0 Å². The first-order chi connectivity index (χ1) is 13.6. The summed E-state index contributed by atoms with van der Waals surface area (Å²) < 4.78 is 8.00. The third-order valence-corrected chi connectivity index (χ3v) is 4.44. The molecule has 0 atom stereocenters. The molecule has 0 radical (unpaired) electrons. The minimum absolute atomic E-state index is 0.0258. The molecule has 2 heterocycles. The minimum Gasteiger partial charge on any atom is -0.436 e. The number of amides is 1. The molecule has 142 valence electrons. The summed E-state index contributed by atoms with van der Waals surface area (Å²) in [6, 6.07) is 15.0. The Bertz CT molecular complexity index is 1150. The molecule has 0 saturated heterocycles. The molecule has 2 aromatic carbocycles. The summed E-state index contributed by atoms with van der Waals surface area (Å²) in [5.74, 6) is 1.75. The third-order valence-electron chi connectivity index (χ3n) is 4.44. The molecular formula is C21H21N5O2. The molecule has 7 nitrogen and oxygen atoms in total. The fourth-order valence-corrected chi connectivity index (χ4v) is 2.92. The Morgan fingerprint density at radius 2 is 1.86 bits per heavy atom. The number of hydrogen-bond donors (Lipinski definition) is 1. The smallest absolute Gasteiger partial charge is 0.266 e. The highest BCUT2D eigenvalue weighted by Gasteiger charge is 2.16. The van der Waals surface area contributed by atoms with Crippen molar-refractivity contribution < 1.29 is 9.53 Å². The Morgan fingerprint density at radius 1 is 1.11 bits per heavy atom. The van der Waals surface area contributed by atoms with Crippen LogP contribution in [-0.2, 0) is 11.2 Å². The van der Waals surface area contributed by atoms with Crippen molar-refractivity contribution in [2.75, 3.05) is 5.32 Å². The number of para-hydroxylation sites is 2. The second-order valence-corrected chi connectivity index (χ2v) is 6.80. The van der Waals surface area contributed by atoms with Crippen molar-refractivity contribution in [3.05, 3.63) is 54.4 Å². The number of fused-ring (bicyclic) bond motifs is 3. The Kier molecular flexibility index (Phi) is 4.65. The Balaban J connectivity index is 1.69. The highest BCUT2D eigenvalue weighted by molar-refractivity contribution is 5.92. The molecule has 0 aliphatic heterocycles. The van der Waals surface area contributed by atoms with E-state index in [0.29, 0.717) is 17.3 Å². The third kappa shape index (κ3) is 3.26. The number of nitrogens with one attached hydrogen (secondary N) is 1. The molecule has 7 heteroatoms. The quantitative estimate of drug-likeness (QED) is 0.565. The minimum atomic E-state index is -0.0771. The Labute approximate surface area is 162 Å². The SMILES string of the molecule is CCc1nnc2c(Oc3ccc(NC(=O)C(C)C)cc3)nc3ccccc3n12. The zero-order valence-electron chi connectivity index (χ0n) is 16.0. The van der Waals surface area contributed by atoms with E-state index in [2.05, 4.69) is 20.5 Å². The lowest BCUT2D eigenvalue weighted by Gasteiger charge is -2.11. The second kappa shape index (κ2) is 7.26. The second-order valence-electron chi connectivity index (χ2n) is 6.80. The molecule has 0 spiro atoms. The van der Waals surface area contributed by atoms with Crippen molar-refractivity contribution in [1.29, 1.82) is 0 Å². The fraction of sp³-hybridized carbons (Fsp3) is 0.238. The lowest BCUT2D eigenvalue weighted by Crippen LogP contribution is -2.17. The molecule has 1 amide bonds. The van der Waals surface area contributed by atoms with Crippen LogP contribution < -0.4 is 10.1 Å². The predicted molar refractivity (Wildman–Crippen MR) is 108 cm³/mol. The average molecular weight is 375 g/mol. The van der Waals surface area contributed by atoms with Crippen LogP contribution in [0.15, 0.2) is 48.5 Å². The van der Waals surface area contributed by atoms with E-state index in [9.17, 15) is 4.79 Å². The van der Waals surface area contributed by atoms with Gasteiger partial charge in [0.1, 0.15) is 11.6 Å². The number of carbonyl (C=O) groups excluding carboxylic acids is 1. The van der Waals surface area contributed by atoms with Crippen LogP contribution >= 0.6 is 0 Å². The van der Waals surface area contributed by atoms with E-state index in [0.717, 1.165) is 29.0 Å². The largest absolute Gasteiger partial charge is 0.436 e. The standard InChI is InChI=1S/C21H21N5O2/c1-4-18-24-25-19-21(23-16-7-5-6-8-17(16)26(18)19)28-15-11-9-14(10-12-15)22-20(27)13(2)3/h5-13H,4H2,1-3H3,(H,22,27). The summed E-state index contributed by atoms with van der Waals surface area (Å²) in [4.78, 5) is 16.4. The van der Waals surface area contributed by atoms with Gasteiger partial charge in [0.15, 0.2) is 0 Å². The number of aromatic nitrogens is 4. The van der Waals surface area contributed by atoms with Crippen molar-refractivity contribution in [3.63, 3.8) is 0 Å². The number of hydrogen-bond acceptors (Lipinski definition) is 5. The lowest BCUT2D eigenvalue weighted by atomic mass is 10.2. The summed E-state index contributed by atoms with van der Waals surface area (Å²) in [7, 11) is 0. The Hall–Kier alpha value is -3.48. The normalized spacial score (nSPS) is 11.3. The number of aryl methyl sites for hydroxylation is 1. The first-order valence-electron chi connectivity index (χ1n) is 9.28. The van der Waals surface area contributed by atoms with E-state index in [-0.39, 0.29) is 11.8 Å². The van der Waals surface area contributed by atoms with Gasteiger partial charge in [-0.3, -0.25) is 9.20 Å². The molecule has 0 aliphatic carbocycles. The van der Waals surface area contributed by atoms with Gasteiger partial charge in [-0.05, 0) is 36.4 Å². The van der Waals surface area contributed by atoms with Crippen molar-refractivity contribution >= 4 is 28.3 Å². The summed E-state index contributed by atoms with van der Waals surface area (Å²) in [6.45, 7) is 5.75. The van der Waals surface area contributed by atoms with Gasteiger partial charge >= 0.3 is 0 Å². The summed E-state index contributed by atoms with van der Waals surface area (Å²) in [5, 5.41) is 11.4. The van der Waals surface area contributed by atoms with E-state index < -0.39 is 0 Å². The van der Waals surface area contributed by atoms with Gasteiger partial charge in [0.25, 0.3) is 5.88 Å². The van der Waals surface area contributed by atoms with E-state index in [1.807, 2.05) is 49.4 Å². The van der Waals surface area contributed by atoms with Gasteiger partial charge in [0.2, 0.25) is 11.6 Å². The molecule has 2 aromatic heterocycles. The van der Waals surface area contributed by atoms with Crippen molar-refractivity contribution in [3.8, 4) is 11.6 Å². The van der Waals surface area contributed by atoms with Crippen molar-refractivity contribution in [1.82, 2.24) is 19.6 Å². The van der Waals surface area contributed by atoms with Crippen LogP contribution in [-0.4, -0.2) is 25.5 Å². The molecule has 0 bridgehead atoms. The zero-order valence-corrected chi connectivity index (χ0v) is 16.0. The van der Waals surface area contributed by atoms with Crippen LogP contribution in [0.25, 0.3) is 16.7 Å². The fourth-order valence-electron chi connectivity index (χ4n) is 2.92. The molecule has 4 rings (SSSR count).